The van der Waals surface area contributed by atoms with Crippen LogP contribution in [-0.4, -0.2) is 28.8 Å². The summed E-state index contributed by atoms with van der Waals surface area (Å²) in [7, 11) is 0. The summed E-state index contributed by atoms with van der Waals surface area (Å²) in [4.78, 5) is 0. The van der Waals surface area contributed by atoms with Gasteiger partial charge < -0.3 is 36.5 Å². The fraction of sp³-hybridized carbons (Fsp3) is 0.900. The van der Waals surface area contributed by atoms with E-state index in [0.717, 1.165) is 5.75 Å². The van der Waals surface area contributed by atoms with Crippen molar-refractivity contribution in [2.45, 2.75) is 52.4 Å². The molecule has 0 aliphatic heterocycles. The first kappa shape index (κ1) is 24.0. The molecule has 0 aliphatic carbocycles. The van der Waals surface area contributed by atoms with Crippen molar-refractivity contribution in [2.75, 3.05) is 5.75 Å². The van der Waals surface area contributed by atoms with E-state index in [4.69, 9.17) is 12.6 Å². The molecule has 0 heterocycles. The van der Waals surface area contributed by atoms with Crippen molar-refractivity contribution in [3.63, 3.8) is 0 Å². The molecule has 0 N–H and O–H groups in total. The SMILES string of the molecule is CCCCCCCC[S-].[Br-].[CH2-]C.[Mg+2]. The third-order valence-corrected chi connectivity index (χ3v) is 1.79. The van der Waals surface area contributed by atoms with Gasteiger partial charge in [0, 0.05) is 0 Å². The van der Waals surface area contributed by atoms with Crippen LogP contribution in [0.5, 0.6) is 0 Å². The fourth-order valence-electron chi connectivity index (χ4n) is 0.882. The van der Waals surface area contributed by atoms with Crippen LogP contribution in [0.15, 0.2) is 0 Å². The smallest absolute Gasteiger partial charge is 1.00 e. The van der Waals surface area contributed by atoms with Crippen molar-refractivity contribution in [2.24, 2.45) is 0 Å². The van der Waals surface area contributed by atoms with Gasteiger partial charge in [0.1, 0.15) is 0 Å². The maximum absolute atomic E-state index is 4.83. The summed E-state index contributed by atoms with van der Waals surface area (Å²) in [6, 6.07) is 0. The molecule has 0 nitrogen and oxygen atoms in total. The third-order valence-electron chi connectivity index (χ3n) is 1.50. The van der Waals surface area contributed by atoms with Crippen LogP contribution in [0.3, 0.4) is 0 Å². The first-order valence-electron chi connectivity index (χ1n) is 4.70. The minimum absolute atomic E-state index is 0. The Morgan fingerprint density at radius 2 is 1.31 bits per heavy atom. The summed E-state index contributed by atoms with van der Waals surface area (Å²) in [5.41, 5.74) is 0. The van der Waals surface area contributed by atoms with Crippen LogP contribution in [0.4, 0.5) is 0 Å². The standard InChI is InChI=1S/C8H18S.C2H5.BrH.Mg/c1-2-3-4-5-6-7-8-9;1-2;;/h9H,2-8H2,1H3;1H2,2H3;1H;/q;-1;;+2/p-2. The molecule has 13 heavy (non-hydrogen) atoms. The van der Waals surface area contributed by atoms with Crippen LogP contribution >= 0.6 is 0 Å². The quantitative estimate of drug-likeness (QED) is 0.293. The molecule has 0 radical (unpaired) electrons. The zero-order chi connectivity index (χ0) is 8.95. The Morgan fingerprint density at radius 1 is 0.923 bits per heavy atom. The summed E-state index contributed by atoms with van der Waals surface area (Å²) in [6.45, 7) is 7.24. The van der Waals surface area contributed by atoms with Crippen LogP contribution in [0.2, 0.25) is 0 Å². The molecule has 0 fully saturated rings. The van der Waals surface area contributed by atoms with Gasteiger partial charge in [0.05, 0.1) is 0 Å². The van der Waals surface area contributed by atoms with Gasteiger partial charge in [-0.25, -0.2) is 0 Å². The molecule has 0 aliphatic rings. The first-order valence-corrected chi connectivity index (χ1v) is 5.28. The second kappa shape index (κ2) is 29.2. The third kappa shape index (κ3) is 31.7. The maximum atomic E-state index is 4.83. The summed E-state index contributed by atoms with van der Waals surface area (Å²) in [6.07, 6.45) is 8.14. The molecule has 0 saturated heterocycles. The van der Waals surface area contributed by atoms with Gasteiger partial charge in [0.2, 0.25) is 0 Å². The van der Waals surface area contributed by atoms with E-state index in [-0.39, 0.29) is 40.0 Å². The largest absolute Gasteiger partial charge is 2.00 e. The molecule has 0 rings (SSSR count). The van der Waals surface area contributed by atoms with Gasteiger partial charge in [-0.1, -0.05) is 45.4 Å². The van der Waals surface area contributed by atoms with E-state index in [2.05, 4.69) is 13.8 Å². The Hall–Kier alpha value is 1.60. The average molecular weight is 279 g/mol. The second-order valence-corrected chi connectivity index (χ2v) is 2.88. The van der Waals surface area contributed by atoms with E-state index in [1.807, 2.05) is 0 Å². The van der Waals surface area contributed by atoms with Crippen molar-refractivity contribution in [3.05, 3.63) is 6.92 Å². The minimum atomic E-state index is 0. The van der Waals surface area contributed by atoms with Gasteiger partial charge in [-0.3, -0.25) is 0 Å². The van der Waals surface area contributed by atoms with Crippen molar-refractivity contribution < 1.29 is 17.0 Å². The molecule has 0 saturated carbocycles. The molecule has 0 atom stereocenters. The van der Waals surface area contributed by atoms with Crippen molar-refractivity contribution in [3.8, 4) is 0 Å². The van der Waals surface area contributed by atoms with E-state index >= 15 is 0 Å². The van der Waals surface area contributed by atoms with E-state index in [9.17, 15) is 0 Å². The summed E-state index contributed by atoms with van der Waals surface area (Å²) >= 11 is 4.83. The van der Waals surface area contributed by atoms with Crippen molar-refractivity contribution >= 4 is 35.7 Å². The van der Waals surface area contributed by atoms with E-state index in [0.29, 0.717) is 0 Å². The summed E-state index contributed by atoms with van der Waals surface area (Å²) in [5, 5.41) is 0. The Labute approximate surface area is 117 Å². The average Bonchev–Trinajstić information content (AvgIpc) is 2.08. The molecule has 0 spiro atoms. The van der Waals surface area contributed by atoms with Crippen LogP contribution in [0.1, 0.15) is 52.4 Å². The summed E-state index contributed by atoms with van der Waals surface area (Å²) in [5.74, 6) is 0.951. The predicted octanol–water partition coefficient (Wildman–Crippen LogP) is 0.357. The first-order chi connectivity index (χ1) is 5.41. The molecule has 78 valence electrons. The Bertz CT molecular complexity index is 48.2. The molecule has 0 aromatic carbocycles. The molecule has 0 unspecified atom stereocenters. The van der Waals surface area contributed by atoms with Gasteiger partial charge >= 0.3 is 23.1 Å². The summed E-state index contributed by atoms with van der Waals surface area (Å²) < 4.78 is 0. The van der Waals surface area contributed by atoms with Gasteiger partial charge in [-0.2, -0.15) is 12.7 Å². The van der Waals surface area contributed by atoms with Crippen molar-refractivity contribution in [1.29, 1.82) is 0 Å². The van der Waals surface area contributed by atoms with Gasteiger partial charge in [0.25, 0.3) is 0 Å². The van der Waals surface area contributed by atoms with Gasteiger partial charge in [-0.15, -0.1) is 0 Å². The normalized spacial score (nSPS) is 7.38. The van der Waals surface area contributed by atoms with E-state index in [1.54, 1.807) is 6.92 Å². The molecular formula is C10H22BrMgS-. The number of unbranched alkanes of at least 4 members (excludes halogenated alkanes) is 5. The molecule has 0 amide bonds. The van der Waals surface area contributed by atoms with Crippen LogP contribution < -0.4 is 17.0 Å². The van der Waals surface area contributed by atoms with Gasteiger partial charge in [0.15, 0.2) is 0 Å². The zero-order valence-electron chi connectivity index (χ0n) is 9.15. The number of halogens is 1. The van der Waals surface area contributed by atoms with E-state index in [1.165, 1.54) is 38.5 Å². The number of hydrogen-bond donors (Lipinski definition) is 0. The van der Waals surface area contributed by atoms with Gasteiger partial charge in [-0.05, 0) is 0 Å². The molecular weight excluding hydrogens is 256 g/mol. The fourth-order valence-corrected chi connectivity index (χ4v) is 1.09. The molecule has 3 heteroatoms. The monoisotopic (exact) mass is 277 g/mol. The maximum Gasteiger partial charge on any atom is 2.00 e. The number of rotatable bonds is 6. The molecule has 0 aromatic heterocycles. The second-order valence-electron chi connectivity index (χ2n) is 2.47. The Balaban J connectivity index is -0.0000000941. The van der Waals surface area contributed by atoms with Crippen molar-refractivity contribution in [1.82, 2.24) is 0 Å². The molecule has 0 aromatic rings. The van der Waals surface area contributed by atoms with E-state index < -0.39 is 0 Å². The van der Waals surface area contributed by atoms with Crippen LogP contribution in [0.25, 0.3) is 0 Å². The topological polar surface area (TPSA) is 0 Å². The Kier molecular flexibility index (Phi) is 54.0. The predicted molar refractivity (Wildman–Crippen MR) is 62.4 cm³/mol. The Morgan fingerprint density at radius 3 is 1.69 bits per heavy atom. The molecule has 0 bridgehead atoms. The minimum Gasteiger partial charge on any atom is -1.00 e. The van der Waals surface area contributed by atoms with Crippen LogP contribution in [-0.2, 0) is 12.6 Å². The van der Waals surface area contributed by atoms with Crippen LogP contribution in [0, 0.1) is 6.92 Å². The zero-order valence-corrected chi connectivity index (χ0v) is 13.0. The number of hydrogen-bond acceptors (Lipinski definition) is 1.